The highest BCUT2D eigenvalue weighted by Gasteiger charge is 1.98. The van der Waals surface area contributed by atoms with E-state index in [1.54, 1.807) is 18.2 Å². The Bertz CT molecular complexity index is 691. The molecule has 7 N–H and O–H groups in total. The normalized spacial score (nSPS) is 9.07. The summed E-state index contributed by atoms with van der Waals surface area (Å²) in [5.41, 5.74) is 2.26. The molecule has 0 aliphatic carbocycles. The second-order valence-electron chi connectivity index (χ2n) is 8.99. The molecular weight excluding hydrogens is 518 g/mol. The van der Waals surface area contributed by atoms with E-state index in [4.69, 9.17) is 20.1 Å². The Morgan fingerprint density at radius 3 is 1.54 bits per heavy atom. The summed E-state index contributed by atoms with van der Waals surface area (Å²) in [6.07, 6.45) is 10.3. The molecule has 0 aromatic heterocycles. The van der Waals surface area contributed by atoms with Gasteiger partial charge in [-0.05, 0) is 70.7 Å². The van der Waals surface area contributed by atoms with E-state index in [0.29, 0.717) is 24.6 Å². The molecule has 0 fully saturated rings. The van der Waals surface area contributed by atoms with Crippen LogP contribution in [0.25, 0.3) is 0 Å². The van der Waals surface area contributed by atoms with Crippen molar-refractivity contribution in [2.45, 2.75) is 79.1 Å². The molecule has 2 rings (SSSR count). The summed E-state index contributed by atoms with van der Waals surface area (Å²) >= 11 is 0. The van der Waals surface area contributed by atoms with Crippen molar-refractivity contribution < 1.29 is 25.2 Å². The van der Waals surface area contributed by atoms with Crippen LogP contribution in [0.1, 0.15) is 76.8 Å². The lowest BCUT2D eigenvalue weighted by Gasteiger charge is -2.04. The number of hydrogen-bond acceptors (Lipinski definition) is 8. The lowest BCUT2D eigenvalue weighted by Crippen LogP contribution is -2.21. The number of para-hydroxylation sites is 1. The molecule has 0 radical (unpaired) electrons. The minimum atomic E-state index is 0.139. The molecule has 0 atom stereocenters. The zero-order valence-corrected chi connectivity index (χ0v) is 26.9. The average Bonchev–Trinajstić information content (AvgIpc) is 2.98. The highest BCUT2D eigenvalue weighted by molar-refractivity contribution is 5.31. The summed E-state index contributed by atoms with van der Waals surface area (Å²) in [6, 6.07) is 14.8. The number of benzene rings is 2. The number of unbranched alkanes of at least 4 members (excludes halogenated alkanes) is 6. The van der Waals surface area contributed by atoms with Crippen molar-refractivity contribution >= 4 is 6.79 Å². The molecule has 0 heterocycles. The van der Waals surface area contributed by atoms with Crippen molar-refractivity contribution in [1.82, 2.24) is 16.0 Å². The van der Waals surface area contributed by atoms with Gasteiger partial charge in [-0.25, -0.2) is 0 Å². The molecule has 2 aromatic rings. The summed E-state index contributed by atoms with van der Waals surface area (Å²) < 4.78 is 0. The number of phenols is 2. The van der Waals surface area contributed by atoms with Crippen LogP contribution >= 0.6 is 0 Å². The van der Waals surface area contributed by atoms with Gasteiger partial charge in [0.15, 0.2) is 0 Å². The molecule has 240 valence electrons. The number of rotatable bonds is 14. The van der Waals surface area contributed by atoms with Gasteiger partial charge >= 0.3 is 0 Å². The van der Waals surface area contributed by atoms with Gasteiger partial charge in [-0.2, -0.15) is 0 Å². The largest absolute Gasteiger partial charge is 0.508 e. The Kier molecular flexibility index (Phi) is 46.6. The molecule has 0 saturated carbocycles. The van der Waals surface area contributed by atoms with Crippen molar-refractivity contribution in [3.8, 4) is 11.5 Å². The first-order valence-electron chi connectivity index (χ1n) is 14.9. The van der Waals surface area contributed by atoms with Crippen LogP contribution in [-0.2, 0) is 11.2 Å². The molecule has 0 spiro atoms. The second-order valence-corrected chi connectivity index (χ2v) is 8.99. The third-order valence-electron chi connectivity index (χ3n) is 5.15. The van der Waals surface area contributed by atoms with Crippen molar-refractivity contribution in [2.24, 2.45) is 0 Å². The number of carbonyl (C=O) groups excluding carboxylic acids is 1. The molecule has 0 amide bonds. The number of carbonyl (C=O) groups is 1. The van der Waals surface area contributed by atoms with E-state index in [-0.39, 0.29) is 13.2 Å². The topological polar surface area (TPSA) is 134 Å². The quantitative estimate of drug-likeness (QED) is 0.151. The third kappa shape index (κ3) is 42.1. The number of nitrogens with one attached hydrogen (secondary N) is 3. The number of aliphatic hydroxyl groups excluding tert-OH is 2. The van der Waals surface area contributed by atoms with Gasteiger partial charge in [0, 0.05) is 13.1 Å². The van der Waals surface area contributed by atoms with E-state index < -0.39 is 0 Å². The van der Waals surface area contributed by atoms with Gasteiger partial charge in [-0.15, -0.1) is 0 Å². The van der Waals surface area contributed by atoms with E-state index in [1.807, 2.05) is 58.1 Å². The van der Waals surface area contributed by atoms with E-state index >= 15 is 0 Å². The van der Waals surface area contributed by atoms with Gasteiger partial charge in [-0.1, -0.05) is 95.2 Å². The summed E-state index contributed by atoms with van der Waals surface area (Å²) in [6.45, 7) is 14.0. The molecule has 0 aliphatic heterocycles. The number of aromatic hydroxyl groups is 2. The highest BCUT2D eigenvalue weighted by Crippen LogP contribution is 2.18. The van der Waals surface area contributed by atoms with Crippen LogP contribution < -0.4 is 16.0 Å². The number of aryl methyl sites for hydroxylation is 2. The highest BCUT2D eigenvalue weighted by atomic mass is 16.3. The average molecular weight is 582 g/mol. The van der Waals surface area contributed by atoms with Gasteiger partial charge in [-0.3, -0.25) is 0 Å². The smallest absolute Gasteiger partial charge is 0.118 e. The van der Waals surface area contributed by atoms with Crippen molar-refractivity contribution in [1.29, 1.82) is 0 Å². The van der Waals surface area contributed by atoms with E-state index in [2.05, 4.69) is 36.7 Å². The van der Waals surface area contributed by atoms with Gasteiger partial charge in [0.2, 0.25) is 0 Å². The SMILES string of the molecule is C=O.CCCCCCCCCc1ccccc1O.CCNCC.CNC.Cc1ccc(O)cc1.OCCNCCO. The predicted molar refractivity (Wildman–Crippen MR) is 176 cm³/mol. The lowest BCUT2D eigenvalue weighted by molar-refractivity contribution is -0.0980. The minimum Gasteiger partial charge on any atom is -0.508 e. The van der Waals surface area contributed by atoms with Crippen molar-refractivity contribution in [3.05, 3.63) is 59.7 Å². The molecule has 8 nitrogen and oxygen atoms in total. The van der Waals surface area contributed by atoms with Gasteiger partial charge in [0.25, 0.3) is 0 Å². The Morgan fingerprint density at radius 1 is 0.683 bits per heavy atom. The van der Waals surface area contributed by atoms with Gasteiger partial charge in [0.05, 0.1) is 13.2 Å². The molecule has 0 saturated heterocycles. The van der Waals surface area contributed by atoms with Crippen LogP contribution in [0.2, 0.25) is 0 Å². The van der Waals surface area contributed by atoms with E-state index in [0.717, 1.165) is 25.1 Å². The first kappa shape index (κ1) is 45.5. The number of aliphatic hydroxyl groups is 2. The molecular formula is C33H63N3O5. The number of hydrogen-bond donors (Lipinski definition) is 7. The summed E-state index contributed by atoms with van der Waals surface area (Å²) in [5, 5.41) is 43.3. The molecule has 41 heavy (non-hydrogen) atoms. The van der Waals surface area contributed by atoms with Crippen LogP contribution in [0.15, 0.2) is 48.5 Å². The molecule has 0 bridgehead atoms. The number of phenolic OH excluding ortho intramolecular Hbond substituents is 2. The van der Waals surface area contributed by atoms with Crippen LogP contribution in [0.3, 0.4) is 0 Å². The molecule has 8 heteroatoms. The lowest BCUT2D eigenvalue weighted by atomic mass is 10.0. The Morgan fingerprint density at radius 2 is 1.15 bits per heavy atom. The van der Waals surface area contributed by atoms with Gasteiger partial charge in [0.1, 0.15) is 18.3 Å². The van der Waals surface area contributed by atoms with Crippen molar-refractivity contribution in [2.75, 3.05) is 53.5 Å². The fraction of sp³-hybridized carbons (Fsp3) is 0.606. The Labute approximate surface area is 251 Å². The maximum absolute atomic E-state index is 9.58. The maximum atomic E-state index is 9.58. The van der Waals surface area contributed by atoms with E-state index in [1.165, 1.54) is 50.5 Å². The Hall–Kier alpha value is -2.49. The first-order valence-corrected chi connectivity index (χ1v) is 14.9. The summed E-state index contributed by atoms with van der Waals surface area (Å²) in [5.74, 6) is 0.782. The zero-order valence-electron chi connectivity index (χ0n) is 26.9. The van der Waals surface area contributed by atoms with Crippen LogP contribution in [-0.4, -0.2) is 80.7 Å². The zero-order chi connectivity index (χ0) is 32.0. The summed E-state index contributed by atoms with van der Waals surface area (Å²) in [7, 11) is 3.75. The summed E-state index contributed by atoms with van der Waals surface area (Å²) in [4.78, 5) is 8.00. The Balaban J connectivity index is -0.000000231. The molecule has 0 aliphatic rings. The molecule has 2 aromatic carbocycles. The van der Waals surface area contributed by atoms with Crippen LogP contribution in [0.5, 0.6) is 11.5 Å². The predicted octanol–water partition coefficient (Wildman–Crippen LogP) is 5.21. The second kappa shape index (κ2) is 42.0. The molecule has 0 unspecified atom stereocenters. The van der Waals surface area contributed by atoms with Crippen LogP contribution in [0, 0.1) is 6.92 Å². The fourth-order valence-electron chi connectivity index (χ4n) is 3.07. The maximum Gasteiger partial charge on any atom is 0.118 e. The van der Waals surface area contributed by atoms with Crippen LogP contribution in [0.4, 0.5) is 0 Å². The standard InChI is InChI=1S/C15H24O.C7H8O.C4H11NO2.C4H11N.C2H7N.CH2O/c1-2-3-4-5-6-7-8-11-14-12-9-10-13-15(14)16;1-6-2-4-7(8)5-3-6;6-3-1-5-2-4-7;1-3-5-4-2;1-3-2;1-2/h9-10,12-13,16H,2-8,11H2,1H3;2-5,8H,1H3;5-7H,1-4H2;5H,3-4H2,1-2H3;3H,1-2H3;1H2. The fourth-order valence-corrected chi connectivity index (χ4v) is 3.07. The van der Waals surface area contributed by atoms with E-state index in [9.17, 15) is 5.11 Å². The monoisotopic (exact) mass is 581 g/mol. The van der Waals surface area contributed by atoms with Gasteiger partial charge < -0.3 is 41.2 Å². The van der Waals surface area contributed by atoms with Crippen molar-refractivity contribution in [3.63, 3.8) is 0 Å². The minimum absolute atomic E-state index is 0.139. The first-order chi connectivity index (χ1) is 19.9. The third-order valence-corrected chi connectivity index (χ3v) is 5.15.